The molecule has 0 saturated carbocycles. The predicted molar refractivity (Wildman–Crippen MR) is 74.3 cm³/mol. The molecular formula is C15H17FN2O2. The lowest BCUT2D eigenvalue weighted by Gasteiger charge is -2.16. The Hall–Kier alpha value is -2.17. The highest BCUT2D eigenvalue weighted by Gasteiger charge is 2.28. The van der Waals surface area contributed by atoms with Gasteiger partial charge in [0, 0.05) is 11.1 Å². The number of nitrogens with one attached hydrogen (secondary N) is 1. The van der Waals surface area contributed by atoms with Crippen molar-refractivity contribution < 1.29 is 13.7 Å². The summed E-state index contributed by atoms with van der Waals surface area (Å²) in [5, 5.41) is 6.62. The summed E-state index contributed by atoms with van der Waals surface area (Å²) >= 11 is 0. The molecule has 1 aromatic heterocycles. The summed E-state index contributed by atoms with van der Waals surface area (Å²) in [4.78, 5) is 12.3. The molecule has 1 heterocycles. The molecule has 20 heavy (non-hydrogen) atoms. The third-order valence-corrected chi connectivity index (χ3v) is 2.88. The number of carbonyl (C=O) groups excluding carboxylic acids is 1. The van der Waals surface area contributed by atoms with Crippen LogP contribution >= 0.6 is 0 Å². The van der Waals surface area contributed by atoms with Crippen molar-refractivity contribution in [3.63, 3.8) is 0 Å². The Morgan fingerprint density at radius 3 is 2.65 bits per heavy atom. The molecule has 0 aliphatic rings. The third kappa shape index (κ3) is 2.87. The van der Waals surface area contributed by atoms with Crippen LogP contribution < -0.4 is 5.32 Å². The van der Waals surface area contributed by atoms with Crippen LogP contribution in [0.4, 0.5) is 10.1 Å². The first-order valence-electron chi connectivity index (χ1n) is 6.32. The number of halogens is 1. The molecule has 0 unspecified atom stereocenters. The van der Waals surface area contributed by atoms with Crippen molar-refractivity contribution in [2.75, 3.05) is 5.32 Å². The number of hydrogen-bond acceptors (Lipinski definition) is 3. The Morgan fingerprint density at radius 1 is 1.35 bits per heavy atom. The maximum atomic E-state index is 13.1. The minimum Gasteiger partial charge on any atom is -0.361 e. The maximum Gasteiger partial charge on any atom is 0.261 e. The lowest BCUT2D eigenvalue weighted by molar-refractivity contribution is 0.102. The van der Waals surface area contributed by atoms with Gasteiger partial charge in [-0.25, -0.2) is 4.39 Å². The second-order valence-corrected chi connectivity index (χ2v) is 5.68. The van der Waals surface area contributed by atoms with E-state index < -0.39 is 5.82 Å². The summed E-state index contributed by atoms with van der Waals surface area (Å²) < 4.78 is 18.2. The van der Waals surface area contributed by atoms with Crippen molar-refractivity contribution in [3.05, 3.63) is 47.1 Å². The zero-order valence-corrected chi connectivity index (χ0v) is 12.0. The molecule has 1 aromatic carbocycles. The molecule has 0 bridgehead atoms. The van der Waals surface area contributed by atoms with E-state index in [0.29, 0.717) is 22.7 Å². The molecule has 106 valence electrons. The van der Waals surface area contributed by atoms with E-state index in [1.807, 2.05) is 20.8 Å². The van der Waals surface area contributed by atoms with Crippen molar-refractivity contribution in [3.8, 4) is 0 Å². The van der Waals surface area contributed by atoms with Gasteiger partial charge >= 0.3 is 0 Å². The first-order valence-corrected chi connectivity index (χ1v) is 6.32. The van der Waals surface area contributed by atoms with E-state index in [0.717, 1.165) is 0 Å². The molecule has 0 saturated heterocycles. The van der Waals surface area contributed by atoms with Crippen LogP contribution in [0.5, 0.6) is 0 Å². The summed E-state index contributed by atoms with van der Waals surface area (Å²) in [6, 6.07) is 5.75. The van der Waals surface area contributed by atoms with Crippen LogP contribution in [-0.2, 0) is 5.41 Å². The van der Waals surface area contributed by atoms with Gasteiger partial charge in [0.2, 0.25) is 0 Å². The summed E-state index contributed by atoms with van der Waals surface area (Å²) in [6.45, 7) is 7.53. The first kappa shape index (κ1) is 14.2. The Kier molecular flexibility index (Phi) is 3.61. The Bertz CT molecular complexity index is 642. The van der Waals surface area contributed by atoms with Crippen molar-refractivity contribution in [1.82, 2.24) is 5.16 Å². The Morgan fingerprint density at radius 2 is 2.05 bits per heavy atom. The van der Waals surface area contributed by atoms with Crippen molar-refractivity contribution in [2.45, 2.75) is 33.1 Å². The third-order valence-electron chi connectivity index (χ3n) is 2.88. The highest BCUT2D eigenvalue weighted by molar-refractivity contribution is 6.05. The summed E-state index contributed by atoms with van der Waals surface area (Å²) in [7, 11) is 0. The molecular weight excluding hydrogens is 259 g/mol. The maximum absolute atomic E-state index is 13.1. The topological polar surface area (TPSA) is 55.1 Å². The summed E-state index contributed by atoms with van der Waals surface area (Å²) in [5.41, 5.74) is 1.08. The van der Waals surface area contributed by atoms with Crippen molar-refractivity contribution in [2.24, 2.45) is 0 Å². The fourth-order valence-electron chi connectivity index (χ4n) is 1.91. The highest BCUT2D eigenvalue weighted by Crippen LogP contribution is 2.27. The number of rotatable bonds is 2. The lowest BCUT2D eigenvalue weighted by atomic mass is 9.88. The summed E-state index contributed by atoms with van der Waals surface area (Å²) in [6.07, 6.45) is 0. The molecule has 0 fully saturated rings. The number of aromatic nitrogens is 1. The van der Waals surface area contributed by atoms with E-state index in [-0.39, 0.29) is 11.3 Å². The molecule has 5 heteroatoms. The molecule has 1 N–H and O–H groups in total. The van der Waals surface area contributed by atoms with Crippen LogP contribution in [0.25, 0.3) is 0 Å². The normalized spacial score (nSPS) is 11.4. The largest absolute Gasteiger partial charge is 0.361 e. The first-order chi connectivity index (χ1) is 9.29. The molecule has 0 radical (unpaired) electrons. The summed E-state index contributed by atoms with van der Waals surface area (Å²) in [5.74, 6) is -0.302. The Balaban J connectivity index is 2.33. The molecule has 0 atom stereocenters. The van der Waals surface area contributed by atoms with E-state index >= 15 is 0 Å². The second kappa shape index (κ2) is 5.07. The molecule has 2 aromatic rings. The predicted octanol–water partition coefficient (Wildman–Crippen LogP) is 3.67. The standard InChI is InChI=1S/C15H17FN2O2/c1-9-12(13(18-20-9)15(2,3)4)14(19)17-11-7-5-6-10(16)8-11/h5-8H,1-4H3,(H,17,19). The number of aryl methyl sites for hydroxylation is 1. The van der Waals surface area contributed by atoms with Gasteiger partial charge < -0.3 is 9.84 Å². The molecule has 0 spiro atoms. The Labute approximate surface area is 117 Å². The van der Waals surface area contributed by atoms with E-state index in [4.69, 9.17) is 4.52 Å². The fraction of sp³-hybridized carbons (Fsp3) is 0.333. The number of anilines is 1. The zero-order valence-electron chi connectivity index (χ0n) is 12.0. The molecule has 4 nitrogen and oxygen atoms in total. The van der Waals surface area contributed by atoms with Crippen LogP contribution in [0.1, 0.15) is 42.6 Å². The number of amides is 1. The van der Waals surface area contributed by atoms with Gasteiger partial charge in [-0.1, -0.05) is 32.0 Å². The van der Waals surface area contributed by atoms with E-state index in [2.05, 4.69) is 10.5 Å². The van der Waals surface area contributed by atoms with Crippen molar-refractivity contribution >= 4 is 11.6 Å². The van der Waals surface area contributed by atoms with Gasteiger partial charge in [-0.3, -0.25) is 4.79 Å². The van der Waals surface area contributed by atoms with Gasteiger partial charge in [0.05, 0.1) is 0 Å². The minimum atomic E-state index is -0.402. The molecule has 2 rings (SSSR count). The van der Waals surface area contributed by atoms with Crippen LogP contribution in [0.3, 0.4) is 0 Å². The monoisotopic (exact) mass is 276 g/mol. The smallest absolute Gasteiger partial charge is 0.261 e. The van der Waals surface area contributed by atoms with Gasteiger partial charge in [0.25, 0.3) is 5.91 Å². The van der Waals surface area contributed by atoms with Gasteiger partial charge in [-0.2, -0.15) is 0 Å². The highest BCUT2D eigenvalue weighted by atomic mass is 19.1. The number of nitrogens with zero attached hydrogens (tertiary/aromatic N) is 1. The van der Waals surface area contributed by atoms with Crippen molar-refractivity contribution in [1.29, 1.82) is 0 Å². The van der Waals surface area contributed by atoms with E-state index in [1.165, 1.54) is 18.2 Å². The number of carbonyl (C=O) groups is 1. The molecule has 0 aliphatic carbocycles. The second-order valence-electron chi connectivity index (χ2n) is 5.68. The van der Waals surface area contributed by atoms with Gasteiger partial charge in [0.15, 0.2) is 0 Å². The average molecular weight is 276 g/mol. The SMILES string of the molecule is Cc1onc(C(C)(C)C)c1C(=O)Nc1cccc(F)c1. The number of benzene rings is 1. The lowest BCUT2D eigenvalue weighted by Crippen LogP contribution is -2.21. The van der Waals surface area contributed by atoms with Gasteiger partial charge in [-0.05, 0) is 25.1 Å². The average Bonchev–Trinajstić information content (AvgIpc) is 2.71. The van der Waals surface area contributed by atoms with Crippen LogP contribution in [0, 0.1) is 12.7 Å². The van der Waals surface area contributed by atoms with E-state index in [9.17, 15) is 9.18 Å². The molecule has 1 amide bonds. The zero-order chi connectivity index (χ0) is 14.9. The van der Waals surface area contributed by atoms with E-state index in [1.54, 1.807) is 13.0 Å². The van der Waals surface area contributed by atoms with Gasteiger partial charge in [-0.15, -0.1) is 0 Å². The van der Waals surface area contributed by atoms with Crippen LogP contribution in [0.15, 0.2) is 28.8 Å². The quantitative estimate of drug-likeness (QED) is 0.910. The van der Waals surface area contributed by atoms with Gasteiger partial charge in [0.1, 0.15) is 22.8 Å². The van der Waals surface area contributed by atoms with Crippen LogP contribution in [-0.4, -0.2) is 11.1 Å². The molecule has 0 aliphatic heterocycles. The minimum absolute atomic E-state index is 0.313. The fourth-order valence-corrected chi connectivity index (χ4v) is 1.91. The van der Waals surface area contributed by atoms with Crippen LogP contribution in [0.2, 0.25) is 0 Å². The number of hydrogen-bond donors (Lipinski definition) is 1.